The highest BCUT2D eigenvalue weighted by Crippen LogP contribution is 2.31. The number of nitrogens with zero attached hydrogens (tertiary/aromatic N) is 2. The van der Waals surface area contributed by atoms with Gasteiger partial charge in [-0.1, -0.05) is 18.2 Å². The maximum absolute atomic E-state index is 12.7. The number of carbonyl (C=O) groups is 1. The molecule has 112 valence electrons. The van der Waals surface area contributed by atoms with E-state index in [-0.39, 0.29) is 11.8 Å². The van der Waals surface area contributed by atoms with Gasteiger partial charge in [0.15, 0.2) is 0 Å². The van der Waals surface area contributed by atoms with Gasteiger partial charge < -0.3 is 15.1 Å². The molecule has 0 bridgehead atoms. The largest absolute Gasteiger partial charge is 0.463 e. The van der Waals surface area contributed by atoms with Crippen LogP contribution in [0.4, 0.5) is 5.69 Å². The molecule has 6 heteroatoms. The number of hydrogen-bond donors (Lipinski definition) is 2. The molecule has 22 heavy (non-hydrogen) atoms. The van der Waals surface area contributed by atoms with Crippen molar-refractivity contribution in [1.29, 1.82) is 0 Å². The van der Waals surface area contributed by atoms with Crippen LogP contribution in [0.25, 0.3) is 11.0 Å². The summed E-state index contributed by atoms with van der Waals surface area (Å²) in [4.78, 5) is 14.6. The minimum atomic E-state index is 0.00513. The van der Waals surface area contributed by atoms with Gasteiger partial charge in [0.05, 0.1) is 23.1 Å². The summed E-state index contributed by atoms with van der Waals surface area (Å²) in [5, 5.41) is 7.76. The molecule has 2 aromatic heterocycles. The lowest BCUT2D eigenvalue weighted by Gasteiger charge is -2.15. The second-order valence-corrected chi connectivity index (χ2v) is 5.62. The summed E-state index contributed by atoms with van der Waals surface area (Å²) in [6, 6.07) is 7.58. The van der Waals surface area contributed by atoms with Crippen LogP contribution in [0.3, 0.4) is 0 Å². The number of para-hydroxylation sites is 1. The van der Waals surface area contributed by atoms with Gasteiger partial charge in [0.25, 0.3) is 5.91 Å². The maximum Gasteiger partial charge on any atom is 0.257 e. The number of H-pyrrole nitrogens is 1. The van der Waals surface area contributed by atoms with Crippen LogP contribution in [-0.2, 0) is 0 Å². The molecular formula is C16H16N4O2. The molecule has 0 aliphatic carbocycles. The molecule has 1 aliphatic rings. The van der Waals surface area contributed by atoms with Gasteiger partial charge in [0.2, 0.25) is 0 Å². The molecule has 1 atom stereocenters. The van der Waals surface area contributed by atoms with Gasteiger partial charge in [0.1, 0.15) is 11.8 Å². The van der Waals surface area contributed by atoms with Crippen LogP contribution in [0.2, 0.25) is 0 Å². The van der Waals surface area contributed by atoms with Gasteiger partial charge in [-0.3, -0.25) is 9.89 Å². The zero-order chi connectivity index (χ0) is 15.1. The number of nitrogens with one attached hydrogen (secondary N) is 1. The van der Waals surface area contributed by atoms with Crippen molar-refractivity contribution in [2.24, 2.45) is 0 Å². The third kappa shape index (κ3) is 1.95. The smallest absolute Gasteiger partial charge is 0.257 e. The molecule has 6 nitrogen and oxygen atoms in total. The third-order valence-corrected chi connectivity index (χ3v) is 4.29. The van der Waals surface area contributed by atoms with E-state index in [1.165, 1.54) is 0 Å². The Bertz CT molecular complexity index is 835. The molecule has 1 aromatic carbocycles. The van der Waals surface area contributed by atoms with E-state index in [2.05, 4.69) is 10.2 Å². The van der Waals surface area contributed by atoms with Crippen molar-refractivity contribution in [1.82, 2.24) is 15.1 Å². The van der Waals surface area contributed by atoms with Crippen molar-refractivity contribution in [3.63, 3.8) is 0 Å². The standard InChI is InChI=1S/C16H16N4O2/c17-13-7-18-19-15(13)10-5-6-20(8-10)16(21)12-9-22-14-4-2-1-3-11(12)14/h1-4,7,9-10H,5-6,8,17H2,(H,18,19). The molecule has 0 saturated carbocycles. The summed E-state index contributed by atoms with van der Waals surface area (Å²) in [6.07, 6.45) is 4.04. The number of furan rings is 1. The molecule has 3 aromatic rings. The number of rotatable bonds is 2. The Morgan fingerprint density at radius 3 is 3.09 bits per heavy atom. The Hall–Kier alpha value is -2.76. The molecule has 1 amide bonds. The average Bonchev–Trinajstić information content (AvgIpc) is 3.25. The summed E-state index contributed by atoms with van der Waals surface area (Å²) in [6.45, 7) is 1.35. The maximum atomic E-state index is 12.7. The average molecular weight is 296 g/mol. The van der Waals surface area contributed by atoms with Crippen molar-refractivity contribution in [2.75, 3.05) is 18.8 Å². The number of hydrogen-bond acceptors (Lipinski definition) is 4. The number of benzene rings is 1. The van der Waals surface area contributed by atoms with Crippen molar-refractivity contribution < 1.29 is 9.21 Å². The van der Waals surface area contributed by atoms with Crippen molar-refractivity contribution in [2.45, 2.75) is 12.3 Å². The number of anilines is 1. The summed E-state index contributed by atoms with van der Waals surface area (Å²) in [5.74, 6) is 0.218. The SMILES string of the molecule is Nc1cn[nH]c1C1CCN(C(=O)c2coc3ccccc23)C1. The highest BCUT2D eigenvalue weighted by atomic mass is 16.3. The topological polar surface area (TPSA) is 88.1 Å². The van der Waals surface area contributed by atoms with E-state index in [0.717, 1.165) is 23.1 Å². The normalized spacial score (nSPS) is 18.2. The Kier molecular flexibility index (Phi) is 2.89. The molecule has 0 radical (unpaired) electrons. The molecule has 0 spiro atoms. The number of carbonyl (C=O) groups excluding carboxylic acids is 1. The van der Waals surface area contributed by atoms with E-state index >= 15 is 0 Å². The van der Waals surface area contributed by atoms with Crippen LogP contribution in [0.15, 0.2) is 41.1 Å². The highest BCUT2D eigenvalue weighted by Gasteiger charge is 2.31. The van der Waals surface area contributed by atoms with Crippen LogP contribution in [-0.4, -0.2) is 34.1 Å². The van der Waals surface area contributed by atoms with Crippen LogP contribution in [0, 0.1) is 0 Å². The van der Waals surface area contributed by atoms with Gasteiger partial charge in [-0.05, 0) is 12.5 Å². The summed E-state index contributed by atoms with van der Waals surface area (Å²) < 4.78 is 5.46. The van der Waals surface area contributed by atoms with Crippen LogP contribution < -0.4 is 5.73 Å². The Balaban J connectivity index is 1.58. The monoisotopic (exact) mass is 296 g/mol. The van der Waals surface area contributed by atoms with Crippen LogP contribution >= 0.6 is 0 Å². The number of aromatic amines is 1. The first kappa shape index (κ1) is 12.9. The number of nitrogen functional groups attached to an aromatic ring is 1. The lowest BCUT2D eigenvalue weighted by atomic mass is 10.0. The molecule has 1 aliphatic heterocycles. The first-order valence-electron chi connectivity index (χ1n) is 7.28. The van der Waals surface area contributed by atoms with Crippen molar-refractivity contribution >= 4 is 22.6 Å². The summed E-state index contributed by atoms with van der Waals surface area (Å²) in [7, 11) is 0. The van der Waals surface area contributed by atoms with Gasteiger partial charge >= 0.3 is 0 Å². The number of aromatic nitrogens is 2. The van der Waals surface area contributed by atoms with Crippen molar-refractivity contribution in [3.8, 4) is 0 Å². The molecule has 1 unspecified atom stereocenters. The molecule has 3 N–H and O–H groups in total. The second-order valence-electron chi connectivity index (χ2n) is 5.62. The van der Waals surface area contributed by atoms with Crippen molar-refractivity contribution in [3.05, 3.63) is 48.0 Å². The lowest BCUT2D eigenvalue weighted by Crippen LogP contribution is -2.28. The Morgan fingerprint density at radius 2 is 2.27 bits per heavy atom. The van der Waals surface area contributed by atoms with Gasteiger partial charge in [-0.25, -0.2) is 0 Å². The molecule has 1 saturated heterocycles. The zero-order valence-corrected chi connectivity index (χ0v) is 12.0. The second kappa shape index (κ2) is 4.91. The zero-order valence-electron chi connectivity index (χ0n) is 12.0. The first-order valence-corrected chi connectivity index (χ1v) is 7.28. The fraction of sp³-hybridized carbons (Fsp3) is 0.250. The number of fused-ring (bicyclic) bond motifs is 1. The van der Waals surface area contributed by atoms with E-state index in [1.807, 2.05) is 29.2 Å². The number of nitrogens with two attached hydrogens (primary N) is 1. The molecule has 4 rings (SSSR count). The van der Waals surface area contributed by atoms with Crippen LogP contribution in [0.1, 0.15) is 28.4 Å². The molecular weight excluding hydrogens is 280 g/mol. The third-order valence-electron chi connectivity index (χ3n) is 4.29. The Morgan fingerprint density at radius 1 is 1.41 bits per heavy atom. The Labute approximate surface area is 126 Å². The molecule has 1 fully saturated rings. The first-order chi connectivity index (χ1) is 10.7. The van der Waals surface area contributed by atoms with E-state index in [0.29, 0.717) is 24.3 Å². The molecule has 3 heterocycles. The van der Waals surface area contributed by atoms with Crippen LogP contribution in [0.5, 0.6) is 0 Å². The fourth-order valence-corrected chi connectivity index (χ4v) is 3.13. The summed E-state index contributed by atoms with van der Waals surface area (Å²) in [5.41, 5.74) is 8.84. The minimum Gasteiger partial charge on any atom is -0.463 e. The van der Waals surface area contributed by atoms with Gasteiger partial charge in [-0.2, -0.15) is 5.10 Å². The van der Waals surface area contributed by atoms with E-state index in [9.17, 15) is 4.79 Å². The predicted octanol–water partition coefficient (Wildman–Crippen LogP) is 2.37. The van der Waals surface area contributed by atoms with Gasteiger partial charge in [-0.15, -0.1) is 0 Å². The lowest BCUT2D eigenvalue weighted by molar-refractivity contribution is 0.0791. The fourth-order valence-electron chi connectivity index (χ4n) is 3.13. The number of likely N-dealkylation sites (tertiary alicyclic amines) is 1. The summed E-state index contributed by atoms with van der Waals surface area (Å²) >= 11 is 0. The quantitative estimate of drug-likeness (QED) is 0.760. The predicted molar refractivity (Wildman–Crippen MR) is 82.5 cm³/mol. The van der Waals surface area contributed by atoms with E-state index in [4.69, 9.17) is 10.2 Å². The van der Waals surface area contributed by atoms with E-state index < -0.39 is 0 Å². The number of amides is 1. The minimum absolute atomic E-state index is 0.00513. The highest BCUT2D eigenvalue weighted by molar-refractivity contribution is 6.06. The van der Waals surface area contributed by atoms with Gasteiger partial charge in [0, 0.05) is 24.4 Å². The van der Waals surface area contributed by atoms with E-state index in [1.54, 1.807) is 12.5 Å².